The van der Waals surface area contributed by atoms with Crippen LogP contribution in [-0.2, 0) is 14.1 Å². The van der Waals surface area contributed by atoms with E-state index in [2.05, 4.69) is 69.3 Å². The smallest absolute Gasteiger partial charge is 0.326 e. The Morgan fingerprint density at radius 1 is 1.04 bits per heavy atom. The molecule has 1 aliphatic heterocycles. The fraction of sp³-hybridized carbons (Fsp3) is 0.409. The summed E-state index contributed by atoms with van der Waals surface area (Å²) in [6.45, 7) is 7.41. The van der Waals surface area contributed by atoms with Crippen molar-refractivity contribution in [3.63, 3.8) is 0 Å². The second kappa shape index (κ2) is 7.96. The molecule has 0 aromatic heterocycles. The largest absolute Gasteiger partial charge is 0.407 e. The van der Waals surface area contributed by atoms with Gasteiger partial charge in [0.05, 0.1) is 12.5 Å². The molecule has 0 bridgehead atoms. The first kappa shape index (κ1) is 19.8. The number of carbonyl (C=O) groups is 1. The van der Waals surface area contributed by atoms with Crippen LogP contribution in [0.5, 0.6) is 0 Å². The molecule has 1 aliphatic rings. The zero-order valence-corrected chi connectivity index (χ0v) is 17.6. The van der Waals surface area contributed by atoms with E-state index >= 15 is 0 Å². The van der Waals surface area contributed by atoms with Gasteiger partial charge in [0.1, 0.15) is 0 Å². The quantitative estimate of drug-likeness (QED) is 0.719. The van der Waals surface area contributed by atoms with Crippen LogP contribution in [0.3, 0.4) is 0 Å². The third-order valence-electron chi connectivity index (χ3n) is 5.35. The molecule has 1 heterocycles. The van der Waals surface area contributed by atoms with Crippen LogP contribution in [0.15, 0.2) is 60.7 Å². The Morgan fingerprint density at radius 2 is 1.56 bits per heavy atom. The maximum Gasteiger partial charge on any atom is 0.326 e. The Morgan fingerprint density at radius 3 is 1.96 bits per heavy atom. The lowest BCUT2D eigenvalue weighted by Crippen LogP contribution is -2.66. The van der Waals surface area contributed by atoms with Crippen molar-refractivity contribution in [1.29, 1.82) is 0 Å². The Kier molecular flexibility index (Phi) is 5.84. The van der Waals surface area contributed by atoms with E-state index in [1.54, 1.807) is 5.06 Å². The Bertz CT molecular complexity index is 719. The first-order valence-corrected chi connectivity index (χ1v) is 11.4. The normalized spacial score (nSPS) is 18.5. The van der Waals surface area contributed by atoms with Gasteiger partial charge in [-0.1, -0.05) is 81.4 Å². The Labute approximate surface area is 163 Å². The van der Waals surface area contributed by atoms with Crippen LogP contribution in [-0.4, -0.2) is 39.0 Å². The fourth-order valence-electron chi connectivity index (χ4n) is 3.99. The lowest BCUT2D eigenvalue weighted by atomic mass is 10.1. The van der Waals surface area contributed by atoms with Gasteiger partial charge in [0.15, 0.2) is 0 Å². The SMILES string of the molecule is CN1OC(=O)CC1CCO[Si](c1ccccc1)(c1ccccc1)C(C)(C)C. The summed E-state index contributed by atoms with van der Waals surface area (Å²) >= 11 is 0. The number of hydrogen-bond donors (Lipinski definition) is 0. The first-order valence-electron chi connectivity index (χ1n) is 9.53. The molecule has 144 valence electrons. The molecule has 1 fully saturated rings. The number of benzene rings is 2. The number of hydroxylamine groups is 2. The summed E-state index contributed by atoms with van der Waals surface area (Å²) in [4.78, 5) is 16.7. The molecule has 2 aromatic carbocycles. The molecule has 1 atom stereocenters. The van der Waals surface area contributed by atoms with E-state index in [-0.39, 0.29) is 17.0 Å². The summed E-state index contributed by atoms with van der Waals surface area (Å²) in [5.74, 6) is -0.159. The zero-order chi connectivity index (χ0) is 19.5. The Hall–Kier alpha value is -1.95. The molecule has 27 heavy (non-hydrogen) atoms. The van der Waals surface area contributed by atoms with Crippen molar-refractivity contribution in [2.24, 2.45) is 0 Å². The molecule has 5 heteroatoms. The minimum Gasteiger partial charge on any atom is -0.407 e. The minimum absolute atomic E-state index is 0.0381. The van der Waals surface area contributed by atoms with E-state index in [1.807, 2.05) is 19.2 Å². The van der Waals surface area contributed by atoms with Crippen molar-refractivity contribution >= 4 is 24.7 Å². The lowest BCUT2D eigenvalue weighted by Gasteiger charge is -2.43. The topological polar surface area (TPSA) is 38.8 Å². The van der Waals surface area contributed by atoms with E-state index < -0.39 is 8.32 Å². The van der Waals surface area contributed by atoms with E-state index in [4.69, 9.17) is 9.26 Å². The van der Waals surface area contributed by atoms with Gasteiger partial charge in [-0.05, 0) is 21.8 Å². The van der Waals surface area contributed by atoms with Gasteiger partial charge in [-0.25, -0.2) is 0 Å². The van der Waals surface area contributed by atoms with Gasteiger partial charge >= 0.3 is 5.97 Å². The molecule has 1 unspecified atom stereocenters. The van der Waals surface area contributed by atoms with Crippen LogP contribution in [0.1, 0.15) is 33.6 Å². The average Bonchev–Trinajstić information content (AvgIpc) is 2.96. The predicted octanol–water partition coefficient (Wildman–Crippen LogP) is 3.12. The predicted molar refractivity (Wildman–Crippen MR) is 110 cm³/mol. The van der Waals surface area contributed by atoms with E-state index in [9.17, 15) is 4.79 Å². The molecular weight excluding hydrogens is 354 g/mol. The third-order valence-corrected chi connectivity index (χ3v) is 10.4. The summed E-state index contributed by atoms with van der Waals surface area (Å²) in [7, 11) is -0.687. The van der Waals surface area contributed by atoms with Crippen molar-refractivity contribution in [3.05, 3.63) is 60.7 Å². The van der Waals surface area contributed by atoms with Crippen molar-refractivity contribution < 1.29 is 14.1 Å². The standard InChI is InChI=1S/C22H29NO3Si/c1-22(2,3)27(19-11-7-5-8-12-19,20-13-9-6-10-14-20)25-16-15-18-17-21(24)26-23(18)4/h5-14,18H,15-17H2,1-4H3. The molecule has 0 radical (unpaired) electrons. The van der Waals surface area contributed by atoms with E-state index in [0.717, 1.165) is 6.42 Å². The highest BCUT2D eigenvalue weighted by Gasteiger charge is 2.50. The van der Waals surface area contributed by atoms with E-state index in [0.29, 0.717) is 13.0 Å². The molecule has 1 saturated heterocycles. The van der Waals surface area contributed by atoms with Crippen LogP contribution in [0.25, 0.3) is 0 Å². The van der Waals surface area contributed by atoms with E-state index in [1.165, 1.54) is 10.4 Å². The molecule has 0 spiro atoms. The van der Waals surface area contributed by atoms with Gasteiger partial charge in [0.25, 0.3) is 8.32 Å². The fourth-order valence-corrected chi connectivity index (χ4v) is 8.57. The highest BCUT2D eigenvalue weighted by atomic mass is 28.4. The third kappa shape index (κ3) is 4.00. The number of carbonyl (C=O) groups excluding carboxylic acids is 1. The number of hydrogen-bond acceptors (Lipinski definition) is 4. The molecule has 3 rings (SSSR count). The highest BCUT2D eigenvalue weighted by molar-refractivity contribution is 6.99. The summed E-state index contributed by atoms with van der Waals surface area (Å²) < 4.78 is 6.86. The van der Waals surface area contributed by atoms with Crippen molar-refractivity contribution in [2.45, 2.75) is 44.7 Å². The maximum absolute atomic E-state index is 11.5. The number of nitrogens with zero attached hydrogens (tertiary/aromatic N) is 1. The van der Waals surface area contributed by atoms with Crippen LogP contribution in [0, 0.1) is 0 Å². The molecule has 4 nitrogen and oxygen atoms in total. The molecular formula is C22H29NO3Si. The van der Waals surface area contributed by atoms with Gasteiger partial charge in [0.2, 0.25) is 0 Å². The second-order valence-corrected chi connectivity index (χ2v) is 12.5. The van der Waals surface area contributed by atoms with Crippen LogP contribution in [0.2, 0.25) is 5.04 Å². The summed E-state index contributed by atoms with van der Waals surface area (Å²) in [6, 6.07) is 21.3. The molecule has 0 amide bonds. The zero-order valence-electron chi connectivity index (χ0n) is 16.6. The van der Waals surface area contributed by atoms with Gasteiger partial charge < -0.3 is 9.26 Å². The van der Waals surface area contributed by atoms with Gasteiger partial charge in [0, 0.05) is 13.7 Å². The monoisotopic (exact) mass is 383 g/mol. The van der Waals surface area contributed by atoms with Crippen molar-refractivity contribution in [1.82, 2.24) is 5.06 Å². The van der Waals surface area contributed by atoms with Crippen LogP contribution < -0.4 is 10.4 Å². The van der Waals surface area contributed by atoms with Crippen LogP contribution in [0.4, 0.5) is 0 Å². The minimum atomic E-state index is -2.50. The van der Waals surface area contributed by atoms with Gasteiger partial charge in [-0.2, -0.15) is 0 Å². The highest BCUT2D eigenvalue weighted by Crippen LogP contribution is 2.37. The van der Waals surface area contributed by atoms with Gasteiger partial charge in [-0.3, -0.25) is 4.79 Å². The molecule has 0 saturated carbocycles. The second-order valence-electron chi connectivity index (χ2n) is 8.17. The summed E-state index contributed by atoms with van der Waals surface area (Å²) in [5, 5.41) is 4.17. The lowest BCUT2D eigenvalue weighted by molar-refractivity contribution is -0.169. The van der Waals surface area contributed by atoms with Gasteiger partial charge in [-0.15, -0.1) is 5.06 Å². The summed E-state index contributed by atoms with van der Waals surface area (Å²) in [6.07, 6.45) is 1.20. The molecule has 2 aromatic rings. The average molecular weight is 384 g/mol. The molecule has 0 aliphatic carbocycles. The Balaban J connectivity index is 1.93. The van der Waals surface area contributed by atoms with Crippen molar-refractivity contribution in [3.8, 4) is 0 Å². The first-order chi connectivity index (χ1) is 12.8. The number of rotatable bonds is 6. The summed E-state index contributed by atoms with van der Waals surface area (Å²) in [5.41, 5.74) is 0. The van der Waals surface area contributed by atoms with Crippen molar-refractivity contribution in [2.75, 3.05) is 13.7 Å². The maximum atomic E-state index is 11.5. The van der Waals surface area contributed by atoms with Crippen LogP contribution >= 0.6 is 0 Å². The molecule has 0 N–H and O–H groups in total.